The average Bonchev–Trinajstić information content (AvgIpc) is 4.17. The van der Waals surface area contributed by atoms with Crippen LogP contribution in [0.25, 0.3) is 44.1 Å². The summed E-state index contributed by atoms with van der Waals surface area (Å²) in [6, 6.07) is 51.3. The van der Waals surface area contributed by atoms with E-state index in [1.54, 1.807) is 50.1 Å². The number of nitrogens with zero attached hydrogens (tertiary/aromatic N) is 5. The molecule has 1 saturated heterocycles. The van der Waals surface area contributed by atoms with E-state index >= 15 is 0 Å². The van der Waals surface area contributed by atoms with Crippen molar-refractivity contribution in [2.24, 2.45) is 0 Å². The van der Waals surface area contributed by atoms with Crippen LogP contribution in [-0.4, -0.2) is 89.6 Å². The number of rotatable bonds is 23. The molecule has 2 aromatic heterocycles. The Morgan fingerprint density at radius 2 is 1.09 bits per heavy atom. The fraction of sp³-hybridized carbons (Fsp3) is 0.304. The smallest absolute Gasteiger partial charge is 0.245 e. The lowest BCUT2D eigenvalue weighted by atomic mass is 9.88. The van der Waals surface area contributed by atoms with Crippen LogP contribution in [0, 0.1) is 0 Å². The predicted octanol–water partition coefficient (Wildman–Crippen LogP) is 15.4. The average molecular weight is 1070 g/mol. The van der Waals surface area contributed by atoms with Crippen LogP contribution in [0.15, 0.2) is 182 Å². The zero-order valence-corrected chi connectivity index (χ0v) is 47.6. The van der Waals surface area contributed by atoms with Gasteiger partial charge in [0, 0.05) is 45.6 Å². The molecule has 0 spiro atoms. The molecule has 11 nitrogen and oxygen atoms in total. The molecule has 0 aliphatic carbocycles. The summed E-state index contributed by atoms with van der Waals surface area (Å²) >= 11 is 0. The van der Waals surface area contributed by atoms with Gasteiger partial charge in [0.15, 0.2) is 6.23 Å². The van der Waals surface area contributed by atoms with Crippen LogP contribution in [0.1, 0.15) is 124 Å². The van der Waals surface area contributed by atoms with Gasteiger partial charge in [0.05, 0.1) is 36.6 Å². The highest BCUT2D eigenvalue weighted by molar-refractivity contribution is 6.02. The fourth-order valence-electron chi connectivity index (χ4n) is 10.0. The van der Waals surface area contributed by atoms with Crippen LogP contribution in [-0.2, 0) is 14.3 Å². The zero-order valence-electron chi connectivity index (χ0n) is 47.6. The van der Waals surface area contributed by atoms with Crippen LogP contribution >= 0.6 is 0 Å². The number of amides is 2. The Morgan fingerprint density at radius 1 is 0.588 bits per heavy atom. The van der Waals surface area contributed by atoms with Crippen LogP contribution in [0.5, 0.6) is 11.5 Å². The second-order valence-corrected chi connectivity index (χ2v) is 20.5. The highest BCUT2D eigenvalue weighted by Gasteiger charge is 2.21. The number of hydrogen-bond donors (Lipinski definition) is 1. The molecule has 80 heavy (non-hydrogen) atoms. The van der Waals surface area contributed by atoms with Gasteiger partial charge in [-0.2, -0.15) is 10.2 Å². The monoisotopic (exact) mass is 1070 g/mol. The molecule has 414 valence electrons. The van der Waals surface area contributed by atoms with E-state index in [1.807, 2.05) is 29.2 Å². The molecule has 1 aliphatic heterocycles. The van der Waals surface area contributed by atoms with Gasteiger partial charge in [-0.15, -0.1) is 0 Å². The number of aromatic nitrogens is 4. The third-order valence-corrected chi connectivity index (χ3v) is 14.4. The molecule has 1 N–H and O–H groups in total. The van der Waals surface area contributed by atoms with Crippen molar-refractivity contribution in [2.75, 3.05) is 48.0 Å². The Balaban J connectivity index is 0.000000213. The summed E-state index contributed by atoms with van der Waals surface area (Å²) in [4.78, 5) is 26.4. The number of H-pyrrole nitrogens is 1. The first-order valence-corrected chi connectivity index (χ1v) is 28.4. The van der Waals surface area contributed by atoms with Crippen LogP contribution in [0.2, 0.25) is 0 Å². The number of fused-ring (bicyclic) bond motifs is 2. The van der Waals surface area contributed by atoms with Crippen molar-refractivity contribution >= 4 is 55.9 Å². The Labute approximate surface area is 473 Å². The second kappa shape index (κ2) is 29.6. The molecule has 1 aliphatic rings. The van der Waals surface area contributed by atoms with Crippen molar-refractivity contribution < 1.29 is 23.8 Å². The van der Waals surface area contributed by atoms with Gasteiger partial charge < -0.3 is 24.0 Å². The molecule has 1 unspecified atom stereocenters. The van der Waals surface area contributed by atoms with Gasteiger partial charge in [0.1, 0.15) is 11.5 Å². The maximum Gasteiger partial charge on any atom is 0.245 e. The van der Waals surface area contributed by atoms with Crippen molar-refractivity contribution in [1.82, 2.24) is 29.8 Å². The molecular weight excluding hydrogens is 993 g/mol. The topological polar surface area (TPSA) is 115 Å². The molecule has 0 bridgehead atoms. The van der Waals surface area contributed by atoms with Crippen LogP contribution in [0.4, 0.5) is 0 Å². The highest BCUT2D eigenvalue weighted by Crippen LogP contribution is 2.38. The number of likely N-dealkylation sites (N-methyl/N-ethyl adjacent to an activating group) is 2. The molecule has 9 rings (SSSR count). The number of hydrogen-bond acceptors (Lipinski definition) is 7. The summed E-state index contributed by atoms with van der Waals surface area (Å²) in [7, 11) is 7.04. The first kappa shape index (κ1) is 57.9. The molecule has 0 radical (unpaired) electrons. The lowest BCUT2D eigenvalue weighted by molar-refractivity contribution is -0.124. The van der Waals surface area contributed by atoms with Gasteiger partial charge in [0.2, 0.25) is 11.8 Å². The number of aromatic amines is 1. The number of carbonyl (C=O) groups is 2. The van der Waals surface area contributed by atoms with E-state index in [4.69, 9.17) is 19.3 Å². The highest BCUT2D eigenvalue weighted by atomic mass is 16.5. The molecule has 3 heterocycles. The summed E-state index contributed by atoms with van der Waals surface area (Å²) in [5.41, 5.74) is 14.3. The van der Waals surface area contributed by atoms with E-state index in [2.05, 4.69) is 170 Å². The van der Waals surface area contributed by atoms with Crippen LogP contribution < -0.4 is 9.47 Å². The molecule has 1 fully saturated rings. The number of ether oxygens (including phenoxy) is 3. The molecule has 8 aromatic rings. The van der Waals surface area contributed by atoms with Gasteiger partial charge >= 0.3 is 0 Å². The Morgan fingerprint density at radius 3 is 1.57 bits per heavy atom. The standard InChI is InChI=1S/C37H43N3O3.C32H35N3O2/c1-4-33(28-14-8-7-9-15-28)37(30-20-23-34-31(26-30)27-38-40(34)36-17-11-13-25-43-36)29-18-21-32(22-19-29)42-24-12-6-5-10-16-35(41)39(2)3;1-4-29(24-12-8-7-9-13-24)32(26-17-20-30-27(22-26)23-33-34-30)25-15-18-28(19-16-25)37-21-11-6-5-10-14-31(36)35(2)3/h7-10,14-16,18-23,26-27,36H,4-6,11-13,17,24-25H2,1-3H3;7-10,12-20,22-23H,4-6,11,21H2,1-3H3,(H,33,34)/b16-10+,37-33+;14-10+,32-29+. The third kappa shape index (κ3) is 15.7. The lowest BCUT2D eigenvalue weighted by Crippen LogP contribution is -2.18. The Kier molecular flexibility index (Phi) is 21.4. The predicted molar refractivity (Wildman–Crippen MR) is 327 cm³/mol. The Bertz CT molecular complexity index is 3360. The van der Waals surface area contributed by atoms with E-state index in [9.17, 15) is 9.59 Å². The maximum atomic E-state index is 11.6. The zero-order chi connectivity index (χ0) is 56.1. The quantitative estimate of drug-likeness (QED) is 0.0385. The minimum absolute atomic E-state index is 0.0129. The normalized spacial score (nSPS) is 14.2. The summed E-state index contributed by atoms with van der Waals surface area (Å²) in [6.45, 7) is 6.53. The van der Waals surface area contributed by atoms with Crippen molar-refractivity contribution in [2.45, 2.75) is 90.7 Å². The largest absolute Gasteiger partial charge is 0.494 e. The van der Waals surface area contributed by atoms with E-state index < -0.39 is 0 Å². The van der Waals surface area contributed by atoms with Crippen LogP contribution in [0.3, 0.4) is 0 Å². The molecule has 2 amide bonds. The molecule has 6 aromatic carbocycles. The van der Waals surface area contributed by atoms with Crippen molar-refractivity contribution in [1.29, 1.82) is 0 Å². The minimum Gasteiger partial charge on any atom is -0.494 e. The van der Waals surface area contributed by atoms with E-state index in [0.29, 0.717) is 13.2 Å². The van der Waals surface area contributed by atoms with Gasteiger partial charge in [0.25, 0.3) is 0 Å². The van der Waals surface area contributed by atoms with Crippen molar-refractivity contribution in [3.8, 4) is 11.5 Å². The minimum atomic E-state index is 0.0129. The number of allylic oxidation sites excluding steroid dienone is 4. The third-order valence-electron chi connectivity index (χ3n) is 14.4. The summed E-state index contributed by atoms with van der Waals surface area (Å²) in [5, 5.41) is 14.2. The maximum absolute atomic E-state index is 11.6. The van der Waals surface area contributed by atoms with Gasteiger partial charge in [-0.05, 0) is 187 Å². The number of carbonyl (C=O) groups excluding carboxylic acids is 2. The number of benzene rings is 6. The SMILES string of the molecule is CC/C(=C(/c1ccc(OCCCC/C=C/C(=O)N(C)C)cc1)c1ccc2[nH]ncc2c1)c1ccccc1.CC/C(=C(/c1ccc(OCCCC/C=C/C(=O)N(C)C)cc1)c1ccc2c(cnn2C2CCCCO2)c1)c1ccccc1. The lowest BCUT2D eigenvalue weighted by Gasteiger charge is -2.23. The number of unbranched alkanes of at least 4 members (excludes halogenated alkanes) is 4. The Hall–Kier alpha value is -8.28. The fourth-order valence-corrected chi connectivity index (χ4v) is 10.0. The van der Waals surface area contributed by atoms with E-state index in [1.165, 1.54) is 51.0 Å². The summed E-state index contributed by atoms with van der Waals surface area (Å²) in [5.74, 6) is 1.77. The molecule has 1 atom stereocenters. The van der Waals surface area contributed by atoms with Gasteiger partial charge in [-0.25, -0.2) is 4.68 Å². The first-order chi connectivity index (χ1) is 39.1. The van der Waals surface area contributed by atoms with E-state index in [0.717, 1.165) is 115 Å². The van der Waals surface area contributed by atoms with Gasteiger partial charge in [-0.1, -0.05) is 123 Å². The molecule has 0 saturated carbocycles. The molecule has 11 heteroatoms. The van der Waals surface area contributed by atoms with Crippen molar-refractivity contribution in [3.05, 3.63) is 216 Å². The summed E-state index contributed by atoms with van der Waals surface area (Å²) in [6.07, 6.45) is 21.7. The second-order valence-electron chi connectivity index (χ2n) is 20.5. The summed E-state index contributed by atoms with van der Waals surface area (Å²) < 4.78 is 20.1. The molecular formula is C69H78N6O5. The van der Waals surface area contributed by atoms with Gasteiger partial charge in [-0.3, -0.25) is 14.7 Å². The first-order valence-electron chi connectivity index (χ1n) is 28.4. The number of nitrogens with one attached hydrogen (secondary N) is 1. The van der Waals surface area contributed by atoms with E-state index in [-0.39, 0.29) is 18.0 Å². The van der Waals surface area contributed by atoms with Crippen molar-refractivity contribution in [3.63, 3.8) is 0 Å².